The van der Waals surface area contributed by atoms with Gasteiger partial charge in [0.05, 0.1) is 5.56 Å². The van der Waals surface area contributed by atoms with Crippen LogP contribution in [-0.4, -0.2) is 22.1 Å². The molecular weight excluding hydrogens is 235 g/mol. The van der Waals surface area contributed by atoms with Crippen molar-refractivity contribution in [2.75, 3.05) is 6.54 Å². The second-order valence-corrected chi connectivity index (χ2v) is 3.84. The minimum Gasteiger partial charge on any atom is -0.508 e. The largest absolute Gasteiger partial charge is 0.508 e. The van der Waals surface area contributed by atoms with Crippen LogP contribution in [0.2, 0.25) is 0 Å². The number of aromatic hydroxyl groups is 1. The van der Waals surface area contributed by atoms with Gasteiger partial charge in [0.15, 0.2) is 0 Å². The first-order chi connectivity index (χ1) is 8.66. The molecule has 0 aliphatic carbocycles. The van der Waals surface area contributed by atoms with Crippen molar-refractivity contribution in [3.8, 4) is 5.75 Å². The van der Waals surface area contributed by atoms with Crippen molar-refractivity contribution in [3.05, 3.63) is 54.1 Å². The van der Waals surface area contributed by atoms with Gasteiger partial charge in [-0.3, -0.25) is 4.79 Å². The number of phenolic OH excluding ortho intramolecular Hbond substituents is 1. The van der Waals surface area contributed by atoms with Crippen LogP contribution in [-0.2, 0) is 6.54 Å². The minimum atomic E-state index is -0.728. The van der Waals surface area contributed by atoms with Crippen LogP contribution in [0.5, 0.6) is 5.75 Å². The van der Waals surface area contributed by atoms with Gasteiger partial charge in [-0.25, -0.2) is 4.39 Å². The van der Waals surface area contributed by atoms with Gasteiger partial charge in [-0.2, -0.15) is 0 Å². The van der Waals surface area contributed by atoms with Gasteiger partial charge in [0.2, 0.25) is 0 Å². The van der Waals surface area contributed by atoms with E-state index < -0.39 is 11.7 Å². The van der Waals surface area contributed by atoms with Crippen LogP contribution in [0.25, 0.3) is 0 Å². The minimum absolute atomic E-state index is 0.0692. The third kappa shape index (κ3) is 2.88. The predicted molar refractivity (Wildman–Crippen MR) is 64.8 cm³/mol. The molecule has 4 nitrogen and oxygen atoms in total. The van der Waals surface area contributed by atoms with Gasteiger partial charge in [0.1, 0.15) is 11.6 Å². The molecule has 0 aliphatic rings. The SMILES string of the molecule is O=C(NCCn1cccc1)c1ccc(O)cc1F. The first-order valence-electron chi connectivity index (χ1n) is 5.54. The fraction of sp³-hybridized carbons (Fsp3) is 0.154. The van der Waals surface area contributed by atoms with E-state index in [0.717, 1.165) is 6.07 Å². The Morgan fingerprint density at radius 2 is 2.06 bits per heavy atom. The number of amides is 1. The van der Waals surface area contributed by atoms with Gasteiger partial charge in [-0.05, 0) is 24.3 Å². The molecule has 0 aliphatic heterocycles. The molecule has 0 atom stereocenters. The Labute approximate surface area is 104 Å². The summed E-state index contributed by atoms with van der Waals surface area (Å²) in [7, 11) is 0. The van der Waals surface area contributed by atoms with Crippen molar-refractivity contribution in [3.63, 3.8) is 0 Å². The maximum Gasteiger partial charge on any atom is 0.254 e. The van der Waals surface area contributed by atoms with Gasteiger partial charge >= 0.3 is 0 Å². The molecule has 0 bridgehead atoms. The number of benzene rings is 1. The van der Waals surface area contributed by atoms with E-state index in [4.69, 9.17) is 5.11 Å². The molecule has 0 fully saturated rings. The van der Waals surface area contributed by atoms with Crippen LogP contribution in [0.1, 0.15) is 10.4 Å². The number of halogens is 1. The number of nitrogens with zero attached hydrogens (tertiary/aromatic N) is 1. The monoisotopic (exact) mass is 248 g/mol. The average Bonchev–Trinajstić information content (AvgIpc) is 2.81. The Hall–Kier alpha value is -2.30. The van der Waals surface area contributed by atoms with Crippen LogP contribution in [0.15, 0.2) is 42.7 Å². The molecule has 2 N–H and O–H groups in total. The normalized spacial score (nSPS) is 10.3. The molecule has 0 radical (unpaired) electrons. The Balaban J connectivity index is 1.91. The Morgan fingerprint density at radius 1 is 1.33 bits per heavy atom. The summed E-state index contributed by atoms with van der Waals surface area (Å²) >= 11 is 0. The Morgan fingerprint density at radius 3 is 2.72 bits per heavy atom. The standard InChI is InChI=1S/C13H13FN2O2/c14-12-9-10(17)3-4-11(12)13(18)15-5-8-16-6-1-2-7-16/h1-4,6-7,9,17H,5,8H2,(H,15,18). The van der Waals surface area contributed by atoms with E-state index in [1.54, 1.807) is 0 Å². The number of phenols is 1. The molecule has 1 aromatic heterocycles. The van der Waals surface area contributed by atoms with E-state index in [1.165, 1.54) is 12.1 Å². The van der Waals surface area contributed by atoms with Crippen molar-refractivity contribution >= 4 is 5.91 Å². The lowest BCUT2D eigenvalue weighted by Crippen LogP contribution is -2.27. The number of rotatable bonds is 4. The molecule has 2 aromatic rings. The van der Waals surface area contributed by atoms with Crippen molar-refractivity contribution < 1.29 is 14.3 Å². The van der Waals surface area contributed by atoms with E-state index in [-0.39, 0.29) is 11.3 Å². The van der Waals surface area contributed by atoms with Gasteiger partial charge in [-0.1, -0.05) is 0 Å². The van der Waals surface area contributed by atoms with Gasteiger partial charge in [0, 0.05) is 31.5 Å². The van der Waals surface area contributed by atoms with E-state index in [2.05, 4.69) is 5.32 Å². The van der Waals surface area contributed by atoms with Crippen molar-refractivity contribution in [1.82, 2.24) is 9.88 Å². The first kappa shape index (κ1) is 12.2. The lowest BCUT2D eigenvalue weighted by atomic mass is 10.2. The smallest absolute Gasteiger partial charge is 0.254 e. The number of carbonyl (C=O) groups is 1. The number of carbonyl (C=O) groups excluding carboxylic acids is 1. The number of hydrogen-bond acceptors (Lipinski definition) is 2. The van der Waals surface area contributed by atoms with Gasteiger partial charge in [-0.15, -0.1) is 0 Å². The molecule has 1 aromatic carbocycles. The van der Waals surface area contributed by atoms with Gasteiger partial charge in [0.25, 0.3) is 5.91 Å². The summed E-state index contributed by atoms with van der Waals surface area (Å²) in [5, 5.41) is 11.7. The zero-order valence-corrected chi connectivity index (χ0v) is 9.64. The predicted octanol–water partition coefficient (Wildman–Crippen LogP) is 1.76. The third-order valence-electron chi connectivity index (χ3n) is 2.52. The Kier molecular flexibility index (Phi) is 3.62. The maximum absolute atomic E-state index is 13.4. The molecule has 1 heterocycles. The summed E-state index contributed by atoms with van der Waals surface area (Å²) in [5.41, 5.74) is -0.0692. The highest BCUT2D eigenvalue weighted by Crippen LogP contribution is 2.14. The fourth-order valence-electron chi connectivity index (χ4n) is 1.60. The maximum atomic E-state index is 13.4. The lowest BCUT2D eigenvalue weighted by Gasteiger charge is -2.07. The molecule has 5 heteroatoms. The van der Waals surface area contributed by atoms with E-state index in [0.29, 0.717) is 13.1 Å². The molecule has 94 valence electrons. The van der Waals surface area contributed by atoms with Crippen LogP contribution in [0.3, 0.4) is 0 Å². The summed E-state index contributed by atoms with van der Waals surface area (Å²) in [6.45, 7) is 1.03. The summed E-state index contributed by atoms with van der Waals surface area (Å²) in [6.07, 6.45) is 3.76. The molecule has 0 unspecified atom stereocenters. The zero-order valence-electron chi connectivity index (χ0n) is 9.64. The molecule has 1 amide bonds. The molecule has 0 spiro atoms. The fourth-order valence-corrected chi connectivity index (χ4v) is 1.60. The number of nitrogens with one attached hydrogen (secondary N) is 1. The van der Waals surface area contributed by atoms with E-state index in [1.807, 2.05) is 29.1 Å². The highest BCUT2D eigenvalue weighted by Gasteiger charge is 2.11. The quantitative estimate of drug-likeness (QED) is 0.866. The van der Waals surface area contributed by atoms with Gasteiger partial charge < -0.3 is 15.0 Å². The third-order valence-corrected chi connectivity index (χ3v) is 2.52. The van der Waals surface area contributed by atoms with Crippen LogP contribution in [0.4, 0.5) is 4.39 Å². The van der Waals surface area contributed by atoms with Crippen LogP contribution in [0, 0.1) is 5.82 Å². The molecule has 0 saturated carbocycles. The second kappa shape index (κ2) is 5.35. The summed E-state index contributed by atoms with van der Waals surface area (Å²) in [5.74, 6) is -1.41. The molecular formula is C13H13FN2O2. The Bertz CT molecular complexity index is 538. The van der Waals surface area contributed by atoms with Crippen molar-refractivity contribution in [1.29, 1.82) is 0 Å². The topological polar surface area (TPSA) is 54.3 Å². The first-order valence-corrected chi connectivity index (χ1v) is 5.54. The summed E-state index contributed by atoms with van der Waals surface area (Å²) in [4.78, 5) is 11.7. The highest BCUT2D eigenvalue weighted by atomic mass is 19.1. The summed E-state index contributed by atoms with van der Waals surface area (Å²) < 4.78 is 15.3. The van der Waals surface area contributed by atoms with Crippen LogP contribution < -0.4 is 5.32 Å². The zero-order chi connectivity index (χ0) is 13.0. The number of aromatic nitrogens is 1. The highest BCUT2D eigenvalue weighted by molar-refractivity contribution is 5.94. The summed E-state index contributed by atoms with van der Waals surface area (Å²) in [6, 6.07) is 7.24. The number of hydrogen-bond donors (Lipinski definition) is 2. The van der Waals surface area contributed by atoms with Crippen molar-refractivity contribution in [2.24, 2.45) is 0 Å². The van der Waals surface area contributed by atoms with E-state index in [9.17, 15) is 9.18 Å². The molecule has 2 rings (SSSR count). The lowest BCUT2D eigenvalue weighted by molar-refractivity contribution is 0.0948. The average molecular weight is 248 g/mol. The van der Waals surface area contributed by atoms with Crippen molar-refractivity contribution in [2.45, 2.75) is 6.54 Å². The second-order valence-electron chi connectivity index (χ2n) is 3.84. The molecule has 0 saturated heterocycles. The molecule has 18 heavy (non-hydrogen) atoms. The van der Waals surface area contributed by atoms with E-state index >= 15 is 0 Å². The van der Waals surface area contributed by atoms with Crippen LogP contribution >= 0.6 is 0 Å².